The third-order valence-corrected chi connectivity index (χ3v) is 5.67. The van der Waals surface area contributed by atoms with Crippen LogP contribution in [0.25, 0.3) is 11.1 Å². The zero-order valence-electron chi connectivity index (χ0n) is 15.6. The van der Waals surface area contributed by atoms with E-state index >= 15 is 0 Å². The molecular formula is C24H23ClN2O. The molecule has 1 aliphatic rings. The highest BCUT2D eigenvalue weighted by Crippen LogP contribution is 2.35. The van der Waals surface area contributed by atoms with Crippen molar-refractivity contribution in [3.05, 3.63) is 88.9 Å². The minimum atomic E-state index is 0.288. The predicted octanol–water partition coefficient (Wildman–Crippen LogP) is 4.84. The second-order valence-electron chi connectivity index (χ2n) is 7.08. The molecule has 0 spiro atoms. The summed E-state index contributed by atoms with van der Waals surface area (Å²) < 4.78 is 0. The molecule has 0 saturated carbocycles. The molecule has 0 bridgehead atoms. The van der Waals surface area contributed by atoms with Crippen molar-refractivity contribution in [2.75, 3.05) is 24.5 Å². The lowest BCUT2D eigenvalue weighted by Gasteiger charge is -2.39. The lowest BCUT2D eigenvalue weighted by molar-refractivity contribution is 0.112. The lowest BCUT2D eigenvalue weighted by atomic mass is 9.96. The van der Waals surface area contributed by atoms with E-state index in [0.717, 1.165) is 49.2 Å². The largest absolute Gasteiger partial charge is 0.365 e. The molecule has 4 heteroatoms. The zero-order valence-corrected chi connectivity index (χ0v) is 16.4. The number of hydrogen-bond donors (Lipinski definition) is 1. The molecule has 1 N–H and O–H groups in total. The van der Waals surface area contributed by atoms with E-state index in [2.05, 4.69) is 34.5 Å². The number of halogens is 1. The number of carbonyl (C=O) groups excluding carboxylic acids is 1. The van der Waals surface area contributed by atoms with Crippen LogP contribution in [0.15, 0.2) is 72.8 Å². The van der Waals surface area contributed by atoms with Crippen molar-refractivity contribution in [1.82, 2.24) is 5.32 Å². The van der Waals surface area contributed by atoms with E-state index in [9.17, 15) is 4.79 Å². The van der Waals surface area contributed by atoms with Crippen LogP contribution in [0.2, 0.25) is 5.02 Å². The smallest absolute Gasteiger partial charge is 0.152 e. The molecule has 1 fully saturated rings. The van der Waals surface area contributed by atoms with E-state index in [4.69, 9.17) is 11.6 Å². The van der Waals surface area contributed by atoms with Crippen molar-refractivity contribution in [3.8, 4) is 11.1 Å². The number of benzene rings is 3. The van der Waals surface area contributed by atoms with Gasteiger partial charge in [0.2, 0.25) is 0 Å². The molecule has 4 rings (SSSR count). The topological polar surface area (TPSA) is 32.3 Å². The Balaban J connectivity index is 1.73. The molecular weight excluding hydrogens is 368 g/mol. The highest BCUT2D eigenvalue weighted by atomic mass is 35.5. The average Bonchev–Trinajstić information content (AvgIpc) is 2.75. The van der Waals surface area contributed by atoms with Crippen LogP contribution in [0, 0.1) is 0 Å². The van der Waals surface area contributed by atoms with Crippen molar-refractivity contribution in [3.63, 3.8) is 0 Å². The van der Waals surface area contributed by atoms with Gasteiger partial charge in [-0.15, -0.1) is 0 Å². The van der Waals surface area contributed by atoms with Gasteiger partial charge in [-0.3, -0.25) is 4.79 Å². The molecule has 1 heterocycles. The summed E-state index contributed by atoms with van der Waals surface area (Å²) in [5.74, 6) is 0. The zero-order chi connectivity index (χ0) is 19.3. The Bertz CT molecular complexity index is 958. The van der Waals surface area contributed by atoms with E-state index in [-0.39, 0.29) is 6.04 Å². The molecule has 142 valence electrons. The van der Waals surface area contributed by atoms with E-state index < -0.39 is 0 Å². The van der Waals surface area contributed by atoms with Crippen LogP contribution in [0.1, 0.15) is 15.9 Å². The van der Waals surface area contributed by atoms with Crippen LogP contribution in [0.3, 0.4) is 0 Å². The van der Waals surface area contributed by atoms with Gasteiger partial charge in [-0.25, -0.2) is 0 Å². The maximum Gasteiger partial charge on any atom is 0.152 e. The molecule has 1 saturated heterocycles. The summed E-state index contributed by atoms with van der Waals surface area (Å²) in [5, 5.41) is 4.15. The summed E-state index contributed by atoms with van der Waals surface area (Å²) >= 11 is 6.42. The molecule has 3 nitrogen and oxygen atoms in total. The monoisotopic (exact) mass is 390 g/mol. The number of piperazine rings is 1. The minimum Gasteiger partial charge on any atom is -0.365 e. The van der Waals surface area contributed by atoms with Gasteiger partial charge < -0.3 is 10.2 Å². The number of hydrogen-bond acceptors (Lipinski definition) is 3. The summed E-state index contributed by atoms with van der Waals surface area (Å²) in [6, 6.07) is 24.5. The number of anilines is 1. The molecule has 28 heavy (non-hydrogen) atoms. The first kappa shape index (κ1) is 18.7. The summed E-state index contributed by atoms with van der Waals surface area (Å²) in [4.78, 5) is 14.5. The van der Waals surface area contributed by atoms with Gasteiger partial charge in [0.25, 0.3) is 0 Å². The van der Waals surface area contributed by atoms with Crippen LogP contribution in [-0.2, 0) is 6.42 Å². The predicted molar refractivity (Wildman–Crippen MR) is 116 cm³/mol. The van der Waals surface area contributed by atoms with Crippen LogP contribution in [-0.4, -0.2) is 32.0 Å². The average molecular weight is 391 g/mol. The molecule has 0 amide bonds. The lowest BCUT2D eigenvalue weighted by Crippen LogP contribution is -2.52. The third-order valence-electron chi connectivity index (χ3n) is 5.34. The minimum absolute atomic E-state index is 0.288. The van der Waals surface area contributed by atoms with Gasteiger partial charge >= 0.3 is 0 Å². The van der Waals surface area contributed by atoms with E-state index in [1.54, 1.807) is 0 Å². The Morgan fingerprint density at radius 1 is 0.964 bits per heavy atom. The number of nitrogens with zero attached hydrogens (tertiary/aromatic N) is 1. The van der Waals surface area contributed by atoms with E-state index in [1.807, 2.05) is 48.5 Å². The molecule has 0 aromatic heterocycles. The second-order valence-corrected chi connectivity index (χ2v) is 7.48. The normalized spacial score (nSPS) is 16.8. The van der Waals surface area contributed by atoms with Gasteiger partial charge in [-0.1, -0.05) is 72.3 Å². The van der Waals surface area contributed by atoms with Gasteiger partial charge in [0.05, 0.1) is 0 Å². The fraction of sp³-hybridized carbons (Fsp3) is 0.208. The number of aldehydes is 1. The maximum atomic E-state index is 12.2. The summed E-state index contributed by atoms with van der Waals surface area (Å²) in [7, 11) is 0. The first-order valence-electron chi connectivity index (χ1n) is 9.62. The summed E-state index contributed by atoms with van der Waals surface area (Å²) in [6.07, 6.45) is 1.90. The van der Waals surface area contributed by atoms with Gasteiger partial charge in [0, 0.05) is 47.5 Å². The third kappa shape index (κ3) is 3.82. The number of carbonyl (C=O) groups is 1. The Morgan fingerprint density at radius 2 is 1.71 bits per heavy atom. The Kier molecular flexibility index (Phi) is 5.75. The van der Waals surface area contributed by atoms with Gasteiger partial charge in [-0.05, 0) is 29.7 Å². The van der Waals surface area contributed by atoms with Crippen molar-refractivity contribution in [2.24, 2.45) is 0 Å². The summed E-state index contributed by atoms with van der Waals surface area (Å²) in [5.41, 5.74) is 4.76. The molecule has 0 radical (unpaired) electrons. The van der Waals surface area contributed by atoms with Crippen molar-refractivity contribution >= 4 is 23.6 Å². The first-order valence-corrected chi connectivity index (χ1v) is 10.00. The highest BCUT2D eigenvalue weighted by molar-refractivity contribution is 6.33. The van der Waals surface area contributed by atoms with Crippen molar-refractivity contribution in [2.45, 2.75) is 12.5 Å². The van der Waals surface area contributed by atoms with E-state index in [1.165, 1.54) is 5.56 Å². The standard InChI is InChI=1S/C24H23ClN2O/c25-23-11-5-4-9-21(23)20-10-6-12-24(22(20)17-28)27-14-13-26-16-19(27)15-18-7-2-1-3-8-18/h1-12,17,19,26H,13-16H2/t19-/m1/s1. The Morgan fingerprint density at radius 3 is 2.50 bits per heavy atom. The van der Waals surface area contributed by atoms with Crippen molar-refractivity contribution in [1.29, 1.82) is 0 Å². The van der Waals surface area contributed by atoms with Crippen LogP contribution in [0.5, 0.6) is 0 Å². The summed E-state index contributed by atoms with van der Waals surface area (Å²) in [6.45, 7) is 2.66. The fourth-order valence-electron chi connectivity index (χ4n) is 3.99. The maximum absolute atomic E-state index is 12.2. The highest BCUT2D eigenvalue weighted by Gasteiger charge is 2.25. The van der Waals surface area contributed by atoms with Crippen LogP contribution in [0.4, 0.5) is 5.69 Å². The first-order chi connectivity index (χ1) is 13.8. The Hall–Kier alpha value is -2.62. The molecule has 0 unspecified atom stereocenters. The van der Waals surface area contributed by atoms with Gasteiger partial charge in [0.15, 0.2) is 6.29 Å². The van der Waals surface area contributed by atoms with Gasteiger partial charge in [-0.2, -0.15) is 0 Å². The fourth-order valence-corrected chi connectivity index (χ4v) is 4.23. The Labute approximate surface area is 171 Å². The number of rotatable bonds is 5. The second kappa shape index (κ2) is 8.59. The van der Waals surface area contributed by atoms with Crippen LogP contribution >= 0.6 is 11.6 Å². The molecule has 3 aromatic rings. The van der Waals surface area contributed by atoms with Crippen LogP contribution < -0.4 is 10.2 Å². The van der Waals surface area contributed by atoms with Gasteiger partial charge in [0.1, 0.15) is 0 Å². The number of nitrogens with one attached hydrogen (secondary N) is 1. The quantitative estimate of drug-likeness (QED) is 0.632. The molecule has 1 aliphatic heterocycles. The van der Waals surface area contributed by atoms with E-state index in [0.29, 0.717) is 10.6 Å². The van der Waals surface area contributed by atoms with Crippen molar-refractivity contribution < 1.29 is 4.79 Å². The SMILES string of the molecule is O=Cc1c(-c2ccccc2Cl)cccc1N1CCNC[C@H]1Cc1ccccc1. The molecule has 3 aromatic carbocycles. The molecule has 0 aliphatic carbocycles. The molecule has 1 atom stereocenters.